The molecule has 0 aliphatic heterocycles. The van der Waals surface area contributed by atoms with Gasteiger partial charge in [0.2, 0.25) is 0 Å². The summed E-state index contributed by atoms with van der Waals surface area (Å²) in [7, 11) is 0. The Morgan fingerprint density at radius 2 is 1.40 bits per heavy atom. The van der Waals surface area contributed by atoms with Gasteiger partial charge in [0.25, 0.3) is 0 Å². The van der Waals surface area contributed by atoms with E-state index in [0.717, 1.165) is 5.56 Å². The van der Waals surface area contributed by atoms with Crippen molar-refractivity contribution in [2.75, 3.05) is 0 Å². The molecular formula is C16H12N4. The molecule has 1 fully saturated rings. The highest BCUT2D eigenvalue weighted by atomic mass is 14.6. The summed E-state index contributed by atoms with van der Waals surface area (Å²) in [6.07, 6.45) is 1.11. The molecule has 4 heteroatoms. The molecule has 0 amide bonds. The lowest BCUT2D eigenvalue weighted by Crippen LogP contribution is -2.43. The summed E-state index contributed by atoms with van der Waals surface area (Å²) < 4.78 is 0. The van der Waals surface area contributed by atoms with E-state index < -0.39 is 10.8 Å². The molecule has 1 unspecified atom stereocenters. The second-order valence-electron chi connectivity index (χ2n) is 5.11. The van der Waals surface area contributed by atoms with Crippen LogP contribution in [0.2, 0.25) is 0 Å². The fourth-order valence-electron chi connectivity index (χ4n) is 2.89. The maximum Gasteiger partial charge on any atom is 0.175 e. The highest BCUT2D eigenvalue weighted by molar-refractivity contribution is 5.38. The van der Waals surface area contributed by atoms with Crippen LogP contribution in [0.5, 0.6) is 0 Å². The van der Waals surface area contributed by atoms with Crippen molar-refractivity contribution in [2.45, 2.75) is 25.2 Å². The monoisotopic (exact) mass is 260 g/mol. The van der Waals surface area contributed by atoms with E-state index in [1.165, 1.54) is 0 Å². The van der Waals surface area contributed by atoms with Crippen molar-refractivity contribution < 1.29 is 0 Å². The summed E-state index contributed by atoms with van der Waals surface area (Å²) in [4.78, 5) is 0. The van der Waals surface area contributed by atoms with Gasteiger partial charge in [0.15, 0.2) is 10.8 Å². The van der Waals surface area contributed by atoms with Crippen LogP contribution in [0.15, 0.2) is 30.3 Å². The first kappa shape index (κ1) is 13.6. The summed E-state index contributed by atoms with van der Waals surface area (Å²) in [5.41, 5.74) is -2.04. The highest BCUT2D eigenvalue weighted by Crippen LogP contribution is 2.53. The van der Waals surface area contributed by atoms with E-state index in [4.69, 9.17) is 0 Å². The molecule has 1 aromatic carbocycles. The predicted octanol–water partition coefficient (Wildman–Crippen LogP) is 3.02. The third-order valence-electron chi connectivity index (χ3n) is 4.18. The van der Waals surface area contributed by atoms with Crippen molar-refractivity contribution in [3.63, 3.8) is 0 Å². The van der Waals surface area contributed by atoms with Crippen molar-refractivity contribution >= 4 is 0 Å². The zero-order chi connectivity index (χ0) is 14.6. The number of rotatable bonds is 1. The normalized spacial score (nSPS) is 22.5. The first-order chi connectivity index (χ1) is 9.67. The Morgan fingerprint density at radius 1 is 0.850 bits per heavy atom. The molecule has 1 saturated carbocycles. The predicted molar refractivity (Wildman–Crippen MR) is 70.4 cm³/mol. The lowest BCUT2D eigenvalue weighted by atomic mass is 9.55. The summed E-state index contributed by atoms with van der Waals surface area (Å²) >= 11 is 0. The van der Waals surface area contributed by atoms with Crippen molar-refractivity contribution in [1.82, 2.24) is 0 Å². The van der Waals surface area contributed by atoms with Gasteiger partial charge in [0.05, 0.1) is 24.3 Å². The molecule has 1 atom stereocenters. The Morgan fingerprint density at radius 3 is 1.90 bits per heavy atom. The second-order valence-corrected chi connectivity index (χ2v) is 5.11. The molecule has 96 valence electrons. The first-order valence-electron chi connectivity index (χ1n) is 6.37. The summed E-state index contributed by atoms with van der Waals surface area (Å²) in [6, 6.07) is 17.4. The van der Waals surface area contributed by atoms with Crippen molar-refractivity contribution in [3.05, 3.63) is 35.9 Å². The lowest BCUT2D eigenvalue weighted by Gasteiger charge is -2.39. The van der Waals surface area contributed by atoms with E-state index in [2.05, 4.69) is 0 Å². The average molecular weight is 260 g/mol. The van der Waals surface area contributed by atoms with Crippen LogP contribution in [-0.2, 0) is 0 Å². The van der Waals surface area contributed by atoms with Gasteiger partial charge in [-0.1, -0.05) is 30.3 Å². The third-order valence-corrected chi connectivity index (χ3v) is 4.18. The fraction of sp³-hybridized carbons (Fsp3) is 0.375. The van der Waals surface area contributed by atoms with E-state index in [1.54, 1.807) is 0 Å². The molecule has 0 saturated heterocycles. The van der Waals surface area contributed by atoms with E-state index >= 15 is 0 Å². The number of benzene rings is 1. The van der Waals surface area contributed by atoms with Gasteiger partial charge in [-0.3, -0.25) is 0 Å². The summed E-state index contributed by atoms with van der Waals surface area (Å²) in [5.74, 6) is 0.0327. The maximum atomic E-state index is 9.43. The van der Waals surface area contributed by atoms with Crippen LogP contribution in [0.3, 0.4) is 0 Å². The third kappa shape index (κ3) is 1.80. The average Bonchev–Trinajstić information content (AvgIpc) is 2.54. The smallest absolute Gasteiger partial charge is 0.175 e. The van der Waals surface area contributed by atoms with Crippen LogP contribution in [0.1, 0.15) is 30.7 Å². The number of nitrogens with zero attached hydrogens (tertiary/aromatic N) is 4. The molecule has 4 nitrogen and oxygen atoms in total. The van der Waals surface area contributed by atoms with Crippen molar-refractivity contribution in [3.8, 4) is 24.3 Å². The fourth-order valence-corrected chi connectivity index (χ4v) is 2.89. The van der Waals surface area contributed by atoms with Crippen LogP contribution < -0.4 is 0 Å². The van der Waals surface area contributed by atoms with Gasteiger partial charge >= 0.3 is 0 Å². The molecule has 0 spiro atoms. The number of hydrogen-bond donors (Lipinski definition) is 0. The Bertz CT molecular complexity index is 636. The second kappa shape index (κ2) is 5.05. The molecule has 0 aromatic heterocycles. The molecule has 0 radical (unpaired) electrons. The van der Waals surface area contributed by atoms with Gasteiger partial charge < -0.3 is 0 Å². The van der Waals surface area contributed by atoms with Crippen molar-refractivity contribution in [2.24, 2.45) is 10.8 Å². The standard InChI is InChI=1S/C16H12N4/c17-9-15(10-18)7-6-14(8-16(15,11-19)12-20)13-4-2-1-3-5-13/h1-5,14H,6-8H2. The number of nitriles is 4. The quantitative estimate of drug-likeness (QED) is 0.775. The van der Waals surface area contributed by atoms with Crippen LogP contribution in [0.25, 0.3) is 0 Å². The number of hydrogen-bond acceptors (Lipinski definition) is 4. The minimum atomic E-state index is -1.56. The highest BCUT2D eigenvalue weighted by Gasteiger charge is 2.58. The van der Waals surface area contributed by atoms with Gasteiger partial charge in [0.1, 0.15) is 0 Å². The molecule has 1 aliphatic carbocycles. The minimum absolute atomic E-state index is 0.0327. The molecule has 1 aliphatic rings. The minimum Gasteiger partial charge on any atom is -0.196 e. The van der Waals surface area contributed by atoms with Gasteiger partial charge in [-0.2, -0.15) is 21.0 Å². The molecule has 20 heavy (non-hydrogen) atoms. The Labute approximate surface area is 118 Å². The zero-order valence-electron chi connectivity index (χ0n) is 10.9. The molecule has 0 bridgehead atoms. The lowest BCUT2D eigenvalue weighted by molar-refractivity contribution is 0.183. The summed E-state index contributed by atoms with van der Waals surface area (Å²) in [5, 5.41) is 37.5. The molecule has 0 N–H and O–H groups in total. The Kier molecular flexibility index (Phi) is 3.43. The summed E-state index contributed by atoms with van der Waals surface area (Å²) in [6.45, 7) is 0. The van der Waals surface area contributed by atoms with E-state index in [9.17, 15) is 21.0 Å². The van der Waals surface area contributed by atoms with Crippen LogP contribution in [0, 0.1) is 56.2 Å². The van der Waals surface area contributed by atoms with Gasteiger partial charge in [0, 0.05) is 0 Å². The van der Waals surface area contributed by atoms with E-state index in [-0.39, 0.29) is 18.8 Å². The van der Waals surface area contributed by atoms with Crippen LogP contribution in [0.4, 0.5) is 0 Å². The van der Waals surface area contributed by atoms with Gasteiger partial charge in [-0.25, -0.2) is 0 Å². The Hall–Kier alpha value is -2.82. The molecular weight excluding hydrogens is 248 g/mol. The molecule has 2 rings (SSSR count). The largest absolute Gasteiger partial charge is 0.196 e. The molecule has 1 aromatic rings. The first-order valence-corrected chi connectivity index (χ1v) is 6.37. The molecule has 0 heterocycles. The van der Waals surface area contributed by atoms with Gasteiger partial charge in [-0.15, -0.1) is 0 Å². The zero-order valence-corrected chi connectivity index (χ0v) is 10.9. The van der Waals surface area contributed by atoms with Gasteiger partial charge in [-0.05, 0) is 30.7 Å². The topological polar surface area (TPSA) is 95.2 Å². The van der Waals surface area contributed by atoms with E-state index in [0.29, 0.717) is 6.42 Å². The van der Waals surface area contributed by atoms with Crippen molar-refractivity contribution in [1.29, 1.82) is 21.0 Å². The Balaban J connectivity index is 2.44. The van der Waals surface area contributed by atoms with Crippen LogP contribution >= 0.6 is 0 Å². The maximum absolute atomic E-state index is 9.43. The van der Waals surface area contributed by atoms with Crippen LogP contribution in [-0.4, -0.2) is 0 Å². The SMILES string of the molecule is N#CC1(C#N)CCC(c2ccccc2)CC1(C#N)C#N. The van der Waals surface area contributed by atoms with E-state index in [1.807, 2.05) is 54.6 Å².